The second-order valence-electron chi connectivity index (χ2n) is 7.09. The Morgan fingerprint density at radius 1 is 1.03 bits per heavy atom. The number of amides is 2. The van der Waals surface area contributed by atoms with Gasteiger partial charge in [0.25, 0.3) is 5.91 Å². The highest BCUT2D eigenvalue weighted by atomic mass is 32.2. The van der Waals surface area contributed by atoms with Gasteiger partial charge >= 0.3 is 0 Å². The summed E-state index contributed by atoms with van der Waals surface area (Å²) in [6.45, 7) is 0. The topological polar surface area (TPSA) is 80.3 Å². The molecule has 0 bridgehead atoms. The third-order valence-electron chi connectivity index (χ3n) is 4.70. The standard InChI is InChI=1S/C25H20FN3O3S2/c1-32-20-11-7-17(8-12-20)24(31)27-19-3-2-4-21(13-19)33-15-23(30)29-25-28-22(14-34-25)16-5-9-18(26)10-6-16/h2-14H,15H2,1H3,(H,27,31)(H,28,29,30). The number of nitrogens with zero attached hydrogens (tertiary/aromatic N) is 1. The zero-order chi connectivity index (χ0) is 23.9. The second kappa shape index (κ2) is 11.0. The number of benzene rings is 3. The van der Waals surface area contributed by atoms with E-state index < -0.39 is 0 Å². The number of thiazole rings is 1. The number of halogens is 1. The largest absolute Gasteiger partial charge is 0.497 e. The van der Waals surface area contributed by atoms with Gasteiger partial charge in [-0.15, -0.1) is 23.1 Å². The average Bonchev–Trinajstić information content (AvgIpc) is 3.32. The molecule has 0 spiro atoms. The number of ether oxygens (including phenoxy) is 1. The summed E-state index contributed by atoms with van der Waals surface area (Å²) in [5.74, 6) is 0.119. The van der Waals surface area contributed by atoms with E-state index in [4.69, 9.17) is 4.74 Å². The maximum absolute atomic E-state index is 13.1. The number of thioether (sulfide) groups is 1. The van der Waals surface area contributed by atoms with Gasteiger partial charge in [0.05, 0.1) is 18.6 Å². The molecule has 9 heteroatoms. The molecule has 6 nitrogen and oxygen atoms in total. The normalized spacial score (nSPS) is 10.5. The number of aromatic nitrogens is 1. The Balaban J connectivity index is 1.30. The molecule has 4 rings (SSSR count). The van der Waals surface area contributed by atoms with Crippen LogP contribution >= 0.6 is 23.1 Å². The number of hydrogen-bond donors (Lipinski definition) is 2. The molecule has 0 aliphatic carbocycles. The second-order valence-corrected chi connectivity index (χ2v) is 9.00. The van der Waals surface area contributed by atoms with E-state index in [-0.39, 0.29) is 23.4 Å². The van der Waals surface area contributed by atoms with Crippen LogP contribution in [0.15, 0.2) is 83.1 Å². The van der Waals surface area contributed by atoms with Gasteiger partial charge in [-0.05, 0) is 66.7 Å². The number of anilines is 2. The molecule has 2 amide bonds. The molecular formula is C25H20FN3O3S2. The van der Waals surface area contributed by atoms with Crippen LogP contribution in [0.3, 0.4) is 0 Å². The summed E-state index contributed by atoms with van der Waals surface area (Å²) in [4.78, 5) is 30.1. The Morgan fingerprint density at radius 2 is 1.79 bits per heavy atom. The monoisotopic (exact) mass is 493 g/mol. The summed E-state index contributed by atoms with van der Waals surface area (Å²) in [5.41, 5.74) is 2.60. The Kier molecular flexibility index (Phi) is 7.56. The maximum atomic E-state index is 13.1. The lowest BCUT2D eigenvalue weighted by Gasteiger charge is -2.08. The lowest BCUT2D eigenvalue weighted by molar-refractivity contribution is -0.113. The fraction of sp³-hybridized carbons (Fsp3) is 0.0800. The molecule has 0 radical (unpaired) electrons. The highest BCUT2D eigenvalue weighted by molar-refractivity contribution is 8.00. The third-order valence-corrected chi connectivity index (χ3v) is 6.46. The van der Waals surface area contributed by atoms with E-state index >= 15 is 0 Å². The molecule has 34 heavy (non-hydrogen) atoms. The summed E-state index contributed by atoms with van der Waals surface area (Å²) in [6.07, 6.45) is 0. The maximum Gasteiger partial charge on any atom is 0.255 e. The molecular weight excluding hydrogens is 473 g/mol. The van der Waals surface area contributed by atoms with Crippen molar-refractivity contribution in [3.8, 4) is 17.0 Å². The van der Waals surface area contributed by atoms with Crippen LogP contribution in [0, 0.1) is 5.82 Å². The van der Waals surface area contributed by atoms with Crippen LogP contribution in [0.4, 0.5) is 15.2 Å². The fourth-order valence-electron chi connectivity index (χ4n) is 3.00. The molecule has 0 aliphatic heterocycles. The Bertz CT molecular complexity index is 1290. The van der Waals surface area contributed by atoms with Crippen LogP contribution in [0.5, 0.6) is 5.75 Å². The van der Waals surface area contributed by atoms with Crippen molar-refractivity contribution < 1.29 is 18.7 Å². The molecule has 3 aromatic carbocycles. The number of hydrogen-bond acceptors (Lipinski definition) is 6. The summed E-state index contributed by atoms with van der Waals surface area (Å²) < 4.78 is 18.2. The van der Waals surface area contributed by atoms with Gasteiger partial charge in [0, 0.05) is 27.1 Å². The quantitative estimate of drug-likeness (QED) is 0.297. The SMILES string of the molecule is COc1ccc(C(=O)Nc2cccc(SCC(=O)Nc3nc(-c4ccc(F)cc4)cs3)c2)cc1. The summed E-state index contributed by atoms with van der Waals surface area (Å²) in [5, 5.41) is 7.93. The van der Waals surface area contributed by atoms with Gasteiger partial charge in [-0.25, -0.2) is 9.37 Å². The zero-order valence-corrected chi connectivity index (χ0v) is 19.7. The van der Waals surface area contributed by atoms with Crippen molar-refractivity contribution in [2.45, 2.75) is 4.90 Å². The lowest BCUT2D eigenvalue weighted by Crippen LogP contribution is -2.14. The van der Waals surface area contributed by atoms with E-state index in [0.29, 0.717) is 27.8 Å². The highest BCUT2D eigenvalue weighted by Crippen LogP contribution is 2.26. The molecule has 0 unspecified atom stereocenters. The predicted octanol–water partition coefficient (Wildman–Crippen LogP) is 5.94. The van der Waals surface area contributed by atoms with Gasteiger partial charge in [0.2, 0.25) is 5.91 Å². The van der Waals surface area contributed by atoms with Gasteiger partial charge in [-0.2, -0.15) is 0 Å². The van der Waals surface area contributed by atoms with Gasteiger partial charge in [-0.1, -0.05) is 6.07 Å². The van der Waals surface area contributed by atoms with E-state index in [1.165, 1.54) is 35.2 Å². The third kappa shape index (κ3) is 6.21. The minimum atomic E-state index is -0.311. The first-order chi connectivity index (χ1) is 16.5. The minimum Gasteiger partial charge on any atom is -0.497 e. The van der Waals surface area contributed by atoms with E-state index in [1.807, 2.05) is 23.6 Å². The number of nitrogens with one attached hydrogen (secondary N) is 2. The first-order valence-electron chi connectivity index (χ1n) is 10.2. The van der Waals surface area contributed by atoms with Crippen molar-refractivity contribution in [1.82, 2.24) is 4.98 Å². The molecule has 0 saturated heterocycles. The van der Waals surface area contributed by atoms with Crippen LogP contribution in [0.25, 0.3) is 11.3 Å². The van der Waals surface area contributed by atoms with Crippen LogP contribution in [0.2, 0.25) is 0 Å². The molecule has 4 aromatic rings. The first kappa shape index (κ1) is 23.5. The minimum absolute atomic E-state index is 0.182. The average molecular weight is 494 g/mol. The van der Waals surface area contributed by atoms with E-state index in [2.05, 4.69) is 15.6 Å². The van der Waals surface area contributed by atoms with E-state index in [0.717, 1.165) is 10.5 Å². The van der Waals surface area contributed by atoms with Gasteiger partial charge in [0.1, 0.15) is 11.6 Å². The number of carbonyl (C=O) groups is 2. The molecule has 172 valence electrons. The first-order valence-corrected chi connectivity index (χ1v) is 12.1. The number of carbonyl (C=O) groups excluding carboxylic acids is 2. The number of rotatable bonds is 8. The van der Waals surface area contributed by atoms with Crippen molar-refractivity contribution in [3.05, 3.63) is 89.6 Å². The van der Waals surface area contributed by atoms with E-state index in [9.17, 15) is 14.0 Å². The van der Waals surface area contributed by atoms with Crippen LogP contribution in [-0.2, 0) is 4.79 Å². The van der Waals surface area contributed by atoms with Crippen molar-refractivity contribution in [1.29, 1.82) is 0 Å². The van der Waals surface area contributed by atoms with Crippen molar-refractivity contribution in [2.75, 3.05) is 23.5 Å². The smallest absolute Gasteiger partial charge is 0.255 e. The molecule has 2 N–H and O–H groups in total. The fourth-order valence-corrected chi connectivity index (χ4v) is 4.49. The predicted molar refractivity (Wildman–Crippen MR) is 134 cm³/mol. The van der Waals surface area contributed by atoms with Crippen molar-refractivity contribution >= 4 is 45.7 Å². The molecule has 0 aliphatic rings. The van der Waals surface area contributed by atoms with Crippen molar-refractivity contribution in [2.24, 2.45) is 0 Å². The van der Waals surface area contributed by atoms with Gasteiger partial charge in [0.15, 0.2) is 5.13 Å². The van der Waals surface area contributed by atoms with Crippen LogP contribution in [-0.4, -0.2) is 29.7 Å². The van der Waals surface area contributed by atoms with Gasteiger partial charge < -0.3 is 15.4 Å². The molecule has 1 aromatic heterocycles. The van der Waals surface area contributed by atoms with Crippen LogP contribution in [0.1, 0.15) is 10.4 Å². The highest BCUT2D eigenvalue weighted by Gasteiger charge is 2.10. The molecule has 0 fully saturated rings. The molecule has 1 heterocycles. The summed E-state index contributed by atoms with van der Waals surface area (Å²) >= 11 is 2.66. The van der Waals surface area contributed by atoms with E-state index in [1.54, 1.807) is 49.6 Å². The molecule has 0 atom stereocenters. The Hall–Kier alpha value is -3.69. The van der Waals surface area contributed by atoms with Crippen LogP contribution < -0.4 is 15.4 Å². The summed E-state index contributed by atoms with van der Waals surface area (Å²) in [7, 11) is 1.57. The number of methoxy groups -OCH3 is 1. The Labute approximate surface area is 204 Å². The lowest BCUT2D eigenvalue weighted by atomic mass is 10.2. The van der Waals surface area contributed by atoms with Gasteiger partial charge in [-0.3, -0.25) is 9.59 Å². The Morgan fingerprint density at radius 3 is 2.53 bits per heavy atom. The zero-order valence-electron chi connectivity index (χ0n) is 18.1. The van der Waals surface area contributed by atoms with Crippen molar-refractivity contribution in [3.63, 3.8) is 0 Å². The molecule has 0 saturated carbocycles. The summed E-state index contributed by atoms with van der Waals surface area (Å²) in [6, 6.07) is 20.2.